The summed E-state index contributed by atoms with van der Waals surface area (Å²) in [5, 5.41) is 5.61. The van der Waals surface area contributed by atoms with Crippen LogP contribution in [0.15, 0.2) is 48.5 Å². The summed E-state index contributed by atoms with van der Waals surface area (Å²) in [6.45, 7) is 4.49. The zero-order valence-electron chi connectivity index (χ0n) is 14.4. The third-order valence-corrected chi connectivity index (χ3v) is 4.15. The van der Waals surface area contributed by atoms with Crippen molar-refractivity contribution < 1.29 is 14.3 Å². The molecule has 0 aliphatic heterocycles. The number of hydrogen-bond donors (Lipinski definition) is 2. The summed E-state index contributed by atoms with van der Waals surface area (Å²) in [4.78, 5) is 23.8. The first-order valence-corrected chi connectivity index (χ1v) is 9.19. The second-order valence-corrected chi connectivity index (χ2v) is 6.40. The summed E-state index contributed by atoms with van der Waals surface area (Å²) in [7, 11) is 0. The first-order chi connectivity index (χ1) is 12.1. The van der Waals surface area contributed by atoms with Gasteiger partial charge in [-0.1, -0.05) is 12.1 Å². The lowest BCUT2D eigenvalue weighted by atomic mass is 10.2. The topological polar surface area (TPSA) is 67.4 Å². The molecule has 2 N–H and O–H groups in total. The predicted octanol–water partition coefficient (Wildman–Crippen LogP) is 3.70. The van der Waals surface area contributed by atoms with Crippen LogP contribution >= 0.6 is 11.8 Å². The van der Waals surface area contributed by atoms with Crippen molar-refractivity contribution in [1.29, 1.82) is 0 Å². The van der Waals surface area contributed by atoms with Crippen LogP contribution in [0.1, 0.15) is 12.5 Å². The third-order valence-electron chi connectivity index (χ3n) is 3.22. The molecule has 0 saturated heterocycles. The number of carbonyl (C=O) groups excluding carboxylic acids is 2. The minimum absolute atomic E-state index is 0.121. The molecule has 2 aromatic rings. The highest BCUT2D eigenvalue weighted by Gasteiger charge is 2.07. The van der Waals surface area contributed by atoms with E-state index in [2.05, 4.69) is 10.6 Å². The quantitative estimate of drug-likeness (QED) is 0.755. The molecule has 2 amide bonds. The second-order valence-electron chi connectivity index (χ2n) is 5.42. The van der Waals surface area contributed by atoms with Gasteiger partial charge in [-0.3, -0.25) is 9.59 Å². The lowest BCUT2D eigenvalue weighted by Gasteiger charge is -2.08. The van der Waals surface area contributed by atoms with Crippen LogP contribution in [0.3, 0.4) is 0 Å². The Kier molecular flexibility index (Phi) is 7.35. The molecule has 0 fully saturated rings. The Balaban J connectivity index is 1.70. The standard InChI is InChI=1S/C19H22N2O3S/c1-3-24-17-9-7-15(8-10-17)20-18(22)12-25-13-19(23)21-16-6-4-5-14(2)11-16/h4-11H,3,12-13H2,1-2H3,(H,20,22)(H,21,23). The molecular formula is C19H22N2O3S. The van der Waals surface area contributed by atoms with E-state index in [1.165, 1.54) is 11.8 Å². The van der Waals surface area contributed by atoms with Crippen LogP contribution in [0.2, 0.25) is 0 Å². The van der Waals surface area contributed by atoms with E-state index < -0.39 is 0 Å². The minimum atomic E-state index is -0.141. The number of rotatable bonds is 8. The maximum atomic E-state index is 11.9. The molecule has 0 aromatic heterocycles. The molecule has 0 bridgehead atoms. The highest BCUT2D eigenvalue weighted by Crippen LogP contribution is 2.16. The summed E-state index contributed by atoms with van der Waals surface area (Å²) in [6.07, 6.45) is 0. The zero-order valence-corrected chi connectivity index (χ0v) is 15.2. The number of ether oxygens (including phenoxy) is 1. The molecule has 132 valence electrons. The fraction of sp³-hybridized carbons (Fsp3) is 0.263. The van der Waals surface area contributed by atoms with Gasteiger partial charge in [0.2, 0.25) is 11.8 Å². The summed E-state index contributed by atoms with van der Waals surface area (Å²) < 4.78 is 5.35. The van der Waals surface area contributed by atoms with E-state index in [1.54, 1.807) is 12.1 Å². The van der Waals surface area contributed by atoms with E-state index in [0.717, 1.165) is 17.0 Å². The molecule has 5 nitrogen and oxygen atoms in total. The number of carbonyl (C=O) groups is 2. The molecule has 2 aromatic carbocycles. The summed E-state index contributed by atoms with van der Waals surface area (Å²) in [5.74, 6) is 0.948. The van der Waals surface area contributed by atoms with Crippen LogP contribution in [0.5, 0.6) is 5.75 Å². The van der Waals surface area contributed by atoms with Crippen LogP contribution in [-0.4, -0.2) is 29.9 Å². The van der Waals surface area contributed by atoms with Gasteiger partial charge in [0.05, 0.1) is 18.1 Å². The average molecular weight is 358 g/mol. The van der Waals surface area contributed by atoms with Gasteiger partial charge in [-0.2, -0.15) is 0 Å². The number of nitrogens with one attached hydrogen (secondary N) is 2. The SMILES string of the molecule is CCOc1ccc(NC(=O)CSCC(=O)Nc2cccc(C)c2)cc1. The first-order valence-electron chi connectivity index (χ1n) is 8.04. The van der Waals surface area contributed by atoms with Crippen molar-refractivity contribution in [3.8, 4) is 5.75 Å². The molecular weight excluding hydrogens is 336 g/mol. The van der Waals surface area contributed by atoms with Crippen LogP contribution in [0.4, 0.5) is 11.4 Å². The molecule has 0 saturated carbocycles. The van der Waals surface area contributed by atoms with Gasteiger partial charge in [-0.15, -0.1) is 11.8 Å². The van der Waals surface area contributed by atoms with E-state index in [4.69, 9.17) is 4.74 Å². The Morgan fingerprint density at radius 2 is 1.60 bits per heavy atom. The molecule has 0 radical (unpaired) electrons. The van der Waals surface area contributed by atoms with Gasteiger partial charge in [0, 0.05) is 11.4 Å². The van der Waals surface area contributed by atoms with Crippen LogP contribution in [-0.2, 0) is 9.59 Å². The maximum Gasteiger partial charge on any atom is 0.234 e. The van der Waals surface area contributed by atoms with Crippen LogP contribution < -0.4 is 15.4 Å². The number of aryl methyl sites for hydroxylation is 1. The molecule has 6 heteroatoms. The van der Waals surface area contributed by atoms with Crippen LogP contribution in [0, 0.1) is 6.92 Å². The van der Waals surface area contributed by atoms with Gasteiger partial charge >= 0.3 is 0 Å². The molecule has 0 aliphatic rings. The van der Waals surface area contributed by atoms with Crippen molar-refractivity contribution in [3.63, 3.8) is 0 Å². The lowest BCUT2D eigenvalue weighted by molar-refractivity contribution is -0.114. The monoisotopic (exact) mass is 358 g/mol. The fourth-order valence-electron chi connectivity index (χ4n) is 2.15. The van der Waals surface area contributed by atoms with E-state index in [0.29, 0.717) is 12.3 Å². The van der Waals surface area contributed by atoms with Gasteiger partial charge in [0.1, 0.15) is 5.75 Å². The molecule has 0 aliphatic carbocycles. The molecule has 2 rings (SSSR count). The number of hydrogen-bond acceptors (Lipinski definition) is 4. The Morgan fingerprint density at radius 3 is 2.20 bits per heavy atom. The summed E-state index contributed by atoms with van der Waals surface area (Å²) in [6, 6.07) is 14.8. The van der Waals surface area contributed by atoms with Gasteiger partial charge in [0.15, 0.2) is 0 Å². The summed E-state index contributed by atoms with van der Waals surface area (Å²) >= 11 is 1.27. The highest BCUT2D eigenvalue weighted by molar-refractivity contribution is 8.00. The number of benzene rings is 2. The first kappa shape index (κ1) is 18.9. The minimum Gasteiger partial charge on any atom is -0.494 e. The largest absolute Gasteiger partial charge is 0.494 e. The number of amides is 2. The smallest absolute Gasteiger partial charge is 0.234 e. The number of thioether (sulfide) groups is 1. The van der Waals surface area contributed by atoms with Crippen molar-refractivity contribution in [3.05, 3.63) is 54.1 Å². The summed E-state index contributed by atoms with van der Waals surface area (Å²) in [5.41, 5.74) is 2.56. The van der Waals surface area contributed by atoms with E-state index >= 15 is 0 Å². The van der Waals surface area contributed by atoms with Gasteiger partial charge < -0.3 is 15.4 Å². The average Bonchev–Trinajstić information content (AvgIpc) is 2.57. The molecule has 0 atom stereocenters. The molecule has 0 unspecified atom stereocenters. The third kappa shape index (κ3) is 6.89. The van der Waals surface area contributed by atoms with Crippen molar-refractivity contribution in [2.45, 2.75) is 13.8 Å². The van der Waals surface area contributed by atoms with E-state index in [-0.39, 0.29) is 23.3 Å². The Bertz CT molecular complexity index is 717. The van der Waals surface area contributed by atoms with Crippen molar-refractivity contribution >= 4 is 35.0 Å². The van der Waals surface area contributed by atoms with Crippen molar-refractivity contribution in [2.75, 3.05) is 28.7 Å². The van der Waals surface area contributed by atoms with Gasteiger partial charge in [0.25, 0.3) is 0 Å². The van der Waals surface area contributed by atoms with Crippen molar-refractivity contribution in [1.82, 2.24) is 0 Å². The van der Waals surface area contributed by atoms with E-state index in [9.17, 15) is 9.59 Å². The normalized spacial score (nSPS) is 10.2. The highest BCUT2D eigenvalue weighted by atomic mass is 32.2. The predicted molar refractivity (Wildman–Crippen MR) is 103 cm³/mol. The maximum absolute atomic E-state index is 11.9. The molecule has 0 spiro atoms. The van der Waals surface area contributed by atoms with Crippen molar-refractivity contribution in [2.24, 2.45) is 0 Å². The Hall–Kier alpha value is -2.47. The Morgan fingerprint density at radius 1 is 0.960 bits per heavy atom. The van der Waals surface area contributed by atoms with Crippen LogP contribution in [0.25, 0.3) is 0 Å². The molecule has 0 heterocycles. The van der Waals surface area contributed by atoms with E-state index in [1.807, 2.05) is 50.2 Å². The zero-order chi connectivity index (χ0) is 18.1. The molecule has 25 heavy (non-hydrogen) atoms. The Labute approximate surface area is 152 Å². The van der Waals surface area contributed by atoms with Gasteiger partial charge in [-0.25, -0.2) is 0 Å². The fourth-order valence-corrected chi connectivity index (χ4v) is 2.77. The lowest BCUT2D eigenvalue weighted by Crippen LogP contribution is -2.18. The van der Waals surface area contributed by atoms with Gasteiger partial charge in [-0.05, 0) is 55.8 Å². The number of anilines is 2. The second kappa shape index (κ2) is 9.74.